The molecule has 2 bridgehead atoms. The highest BCUT2D eigenvalue weighted by Crippen LogP contribution is 2.34. The maximum absolute atomic E-state index is 12.5. The second-order valence-corrected chi connectivity index (χ2v) is 6.83. The normalized spacial score (nSPS) is 28.1. The molecule has 1 aromatic heterocycles. The number of rotatable bonds is 3. The van der Waals surface area contributed by atoms with Crippen LogP contribution < -0.4 is 5.32 Å². The summed E-state index contributed by atoms with van der Waals surface area (Å²) in [4.78, 5) is 12.5. The van der Waals surface area contributed by atoms with Gasteiger partial charge in [0, 0.05) is 28.9 Å². The van der Waals surface area contributed by atoms with E-state index in [1.807, 2.05) is 18.2 Å². The molecule has 0 saturated carbocycles. The summed E-state index contributed by atoms with van der Waals surface area (Å²) in [6.07, 6.45) is 5.36. The standard InChI is InChI=1S/C17H18ClNO2/c18-12-1-4-16-11(8-12)9-17(21-16)15(20)7-10-5-13-2-3-14(6-10)19-13/h1,4,8-10,13-14,19H,2-3,5-7H2. The molecule has 4 rings (SSSR count). The summed E-state index contributed by atoms with van der Waals surface area (Å²) >= 11 is 5.97. The van der Waals surface area contributed by atoms with E-state index >= 15 is 0 Å². The Hall–Kier alpha value is -1.32. The van der Waals surface area contributed by atoms with Gasteiger partial charge in [-0.05, 0) is 55.9 Å². The van der Waals surface area contributed by atoms with Gasteiger partial charge < -0.3 is 9.73 Å². The number of ketones is 1. The lowest BCUT2D eigenvalue weighted by molar-refractivity contribution is 0.0920. The molecule has 2 atom stereocenters. The lowest BCUT2D eigenvalue weighted by Crippen LogP contribution is -2.38. The van der Waals surface area contributed by atoms with E-state index in [2.05, 4.69) is 5.32 Å². The minimum Gasteiger partial charge on any atom is -0.453 e. The fourth-order valence-corrected chi connectivity index (χ4v) is 4.04. The van der Waals surface area contributed by atoms with Crippen LogP contribution in [-0.2, 0) is 0 Å². The average molecular weight is 304 g/mol. The number of fused-ring (bicyclic) bond motifs is 3. The van der Waals surface area contributed by atoms with Gasteiger partial charge in [0.25, 0.3) is 0 Å². The van der Waals surface area contributed by atoms with Gasteiger partial charge in [-0.2, -0.15) is 0 Å². The third-order valence-electron chi connectivity index (χ3n) is 4.80. The van der Waals surface area contributed by atoms with E-state index in [0.717, 1.165) is 23.8 Å². The van der Waals surface area contributed by atoms with Crippen LogP contribution >= 0.6 is 11.6 Å². The lowest BCUT2D eigenvalue weighted by atomic mass is 9.88. The van der Waals surface area contributed by atoms with E-state index in [1.54, 1.807) is 6.07 Å². The van der Waals surface area contributed by atoms with Gasteiger partial charge in [-0.1, -0.05) is 11.6 Å². The topological polar surface area (TPSA) is 42.2 Å². The van der Waals surface area contributed by atoms with Gasteiger partial charge >= 0.3 is 0 Å². The van der Waals surface area contributed by atoms with Gasteiger partial charge in [0.1, 0.15) is 5.58 Å². The molecule has 0 radical (unpaired) electrons. The monoisotopic (exact) mass is 303 g/mol. The van der Waals surface area contributed by atoms with Gasteiger partial charge in [0.15, 0.2) is 11.5 Å². The molecular formula is C17H18ClNO2. The quantitative estimate of drug-likeness (QED) is 0.865. The molecule has 0 spiro atoms. The third kappa shape index (κ3) is 2.60. The maximum Gasteiger partial charge on any atom is 0.198 e. The van der Waals surface area contributed by atoms with Crippen molar-refractivity contribution in [2.75, 3.05) is 0 Å². The number of piperidine rings is 1. The molecule has 3 heterocycles. The zero-order valence-corrected chi connectivity index (χ0v) is 12.5. The highest BCUT2D eigenvalue weighted by atomic mass is 35.5. The Morgan fingerprint density at radius 2 is 2.00 bits per heavy atom. The second-order valence-electron chi connectivity index (χ2n) is 6.40. The van der Waals surface area contributed by atoms with Crippen molar-refractivity contribution in [2.24, 2.45) is 5.92 Å². The van der Waals surface area contributed by atoms with Gasteiger partial charge in [-0.15, -0.1) is 0 Å². The first-order valence-corrected chi connectivity index (χ1v) is 8.03. The first kappa shape index (κ1) is 13.4. The zero-order valence-electron chi connectivity index (χ0n) is 11.8. The van der Waals surface area contributed by atoms with Crippen LogP contribution in [0.5, 0.6) is 0 Å². The van der Waals surface area contributed by atoms with Crippen LogP contribution in [-0.4, -0.2) is 17.9 Å². The fraction of sp³-hybridized carbons (Fsp3) is 0.471. The Balaban J connectivity index is 1.50. The molecule has 0 aliphatic carbocycles. The van der Waals surface area contributed by atoms with E-state index in [9.17, 15) is 4.79 Å². The Bertz CT molecular complexity index is 681. The van der Waals surface area contributed by atoms with Crippen LogP contribution in [0.1, 0.15) is 42.7 Å². The summed E-state index contributed by atoms with van der Waals surface area (Å²) in [6, 6.07) is 8.50. The van der Waals surface area contributed by atoms with Crippen molar-refractivity contribution in [1.29, 1.82) is 0 Å². The van der Waals surface area contributed by atoms with Crippen LogP contribution in [0, 0.1) is 5.92 Å². The number of hydrogen-bond donors (Lipinski definition) is 1. The Morgan fingerprint density at radius 3 is 2.76 bits per heavy atom. The van der Waals surface area contributed by atoms with Crippen LogP contribution in [0.3, 0.4) is 0 Å². The van der Waals surface area contributed by atoms with Crippen molar-refractivity contribution in [3.8, 4) is 0 Å². The average Bonchev–Trinajstić information content (AvgIpc) is 3.02. The van der Waals surface area contributed by atoms with Crippen LogP contribution in [0.2, 0.25) is 5.02 Å². The molecule has 110 valence electrons. The second kappa shape index (κ2) is 5.15. The summed E-state index contributed by atoms with van der Waals surface area (Å²) in [6.45, 7) is 0. The molecule has 2 aromatic rings. The number of carbonyl (C=O) groups excluding carboxylic acids is 1. The lowest BCUT2D eigenvalue weighted by Gasteiger charge is -2.28. The number of halogens is 1. The number of hydrogen-bond acceptors (Lipinski definition) is 3. The summed E-state index contributed by atoms with van der Waals surface area (Å²) in [5.74, 6) is 1.08. The molecule has 1 N–H and O–H groups in total. The van der Waals surface area contributed by atoms with Gasteiger partial charge in [-0.25, -0.2) is 0 Å². The highest BCUT2D eigenvalue weighted by molar-refractivity contribution is 6.31. The van der Waals surface area contributed by atoms with Crippen molar-refractivity contribution in [3.05, 3.63) is 35.0 Å². The molecule has 0 amide bonds. The van der Waals surface area contributed by atoms with Crippen molar-refractivity contribution in [1.82, 2.24) is 5.32 Å². The van der Waals surface area contributed by atoms with Crippen molar-refractivity contribution >= 4 is 28.4 Å². The predicted molar refractivity (Wildman–Crippen MR) is 82.8 cm³/mol. The van der Waals surface area contributed by atoms with Crippen LogP contribution in [0.25, 0.3) is 11.0 Å². The van der Waals surface area contributed by atoms with E-state index in [4.69, 9.17) is 16.0 Å². The first-order valence-electron chi connectivity index (χ1n) is 7.66. The van der Waals surface area contributed by atoms with Crippen LogP contribution in [0.15, 0.2) is 28.7 Å². The van der Waals surface area contributed by atoms with Gasteiger partial charge in [0.05, 0.1) is 0 Å². The summed E-state index contributed by atoms with van der Waals surface area (Å²) in [5.41, 5.74) is 0.730. The number of carbonyl (C=O) groups is 1. The minimum absolute atomic E-state index is 0.119. The zero-order chi connectivity index (χ0) is 14.4. The molecule has 2 saturated heterocycles. The predicted octanol–water partition coefficient (Wildman–Crippen LogP) is 4.19. The van der Waals surface area contributed by atoms with Crippen molar-refractivity contribution in [3.63, 3.8) is 0 Å². The smallest absolute Gasteiger partial charge is 0.198 e. The summed E-state index contributed by atoms with van der Waals surface area (Å²) in [5, 5.41) is 5.17. The molecule has 2 aliphatic heterocycles. The molecule has 3 nitrogen and oxygen atoms in total. The summed E-state index contributed by atoms with van der Waals surface area (Å²) < 4.78 is 5.67. The number of nitrogens with one attached hydrogen (secondary N) is 1. The van der Waals surface area contributed by atoms with E-state index in [-0.39, 0.29) is 5.78 Å². The fourth-order valence-electron chi connectivity index (χ4n) is 3.86. The molecule has 1 aromatic carbocycles. The Kier molecular flexibility index (Phi) is 3.27. The minimum atomic E-state index is 0.119. The van der Waals surface area contributed by atoms with Crippen LogP contribution in [0.4, 0.5) is 0 Å². The molecule has 4 heteroatoms. The molecule has 2 fully saturated rings. The highest BCUT2D eigenvalue weighted by Gasteiger charge is 2.34. The number of Topliss-reactive ketones (excluding diaryl/α,β-unsaturated/α-hetero) is 1. The number of furan rings is 1. The Morgan fingerprint density at radius 1 is 1.24 bits per heavy atom. The first-order chi connectivity index (χ1) is 10.2. The largest absolute Gasteiger partial charge is 0.453 e. The van der Waals surface area contributed by atoms with Crippen molar-refractivity contribution < 1.29 is 9.21 Å². The third-order valence-corrected chi connectivity index (χ3v) is 5.03. The summed E-state index contributed by atoms with van der Waals surface area (Å²) in [7, 11) is 0. The molecular weight excluding hydrogens is 286 g/mol. The van der Waals surface area contributed by atoms with E-state index < -0.39 is 0 Å². The SMILES string of the molecule is O=C(CC1CC2CCC(C1)N2)c1cc2cc(Cl)ccc2o1. The van der Waals surface area contributed by atoms with Crippen molar-refractivity contribution in [2.45, 2.75) is 44.2 Å². The molecule has 2 unspecified atom stereocenters. The molecule has 21 heavy (non-hydrogen) atoms. The van der Waals surface area contributed by atoms with Gasteiger partial charge in [-0.3, -0.25) is 4.79 Å². The van der Waals surface area contributed by atoms with E-state index in [0.29, 0.717) is 35.2 Å². The molecule has 2 aliphatic rings. The Labute approximate surface area is 128 Å². The van der Waals surface area contributed by atoms with E-state index in [1.165, 1.54) is 12.8 Å². The number of benzene rings is 1. The van der Waals surface area contributed by atoms with Gasteiger partial charge in [0.2, 0.25) is 0 Å². The maximum atomic E-state index is 12.5.